The molecule has 1 saturated heterocycles. The Labute approximate surface area is 122 Å². The van der Waals surface area contributed by atoms with Gasteiger partial charge in [-0.2, -0.15) is 0 Å². The van der Waals surface area contributed by atoms with Crippen LogP contribution in [0.2, 0.25) is 0 Å². The molecule has 1 aromatic rings. The summed E-state index contributed by atoms with van der Waals surface area (Å²) in [6.07, 6.45) is 1.46. The molecule has 0 aliphatic carbocycles. The van der Waals surface area contributed by atoms with Crippen molar-refractivity contribution in [1.82, 2.24) is 4.90 Å². The van der Waals surface area contributed by atoms with E-state index in [0.717, 1.165) is 6.42 Å². The molecule has 0 aromatic heterocycles. The fraction of sp³-hybridized carbons (Fsp3) is 0.467. The molecule has 6 heteroatoms. The number of hydrogen-bond donors (Lipinski definition) is 1. The van der Waals surface area contributed by atoms with Gasteiger partial charge in [0, 0.05) is 18.7 Å². The first-order valence-corrected chi connectivity index (χ1v) is 7.04. The number of nitrogen functional groups attached to an aromatic ring is 1. The third-order valence-electron chi connectivity index (χ3n) is 3.57. The van der Waals surface area contributed by atoms with E-state index in [1.165, 1.54) is 18.2 Å². The SMILES string of the molecule is CCOC(=O)C1CCCN(C(=O)c2ccc(F)c(N)c2)C1. The van der Waals surface area contributed by atoms with Crippen LogP contribution < -0.4 is 5.73 Å². The minimum atomic E-state index is -0.547. The molecule has 1 amide bonds. The fourth-order valence-corrected chi connectivity index (χ4v) is 2.47. The van der Waals surface area contributed by atoms with Gasteiger partial charge in [0.15, 0.2) is 0 Å². The summed E-state index contributed by atoms with van der Waals surface area (Å²) in [6, 6.07) is 3.91. The highest BCUT2D eigenvalue weighted by atomic mass is 19.1. The van der Waals surface area contributed by atoms with Gasteiger partial charge in [-0.15, -0.1) is 0 Å². The standard InChI is InChI=1S/C15H19FN2O3/c1-2-21-15(20)11-4-3-7-18(9-11)14(19)10-5-6-12(16)13(17)8-10/h5-6,8,11H,2-4,7,9,17H2,1H3. The molecule has 1 aromatic carbocycles. The van der Waals surface area contributed by atoms with Crippen LogP contribution >= 0.6 is 0 Å². The highest BCUT2D eigenvalue weighted by Gasteiger charge is 2.29. The number of carbonyl (C=O) groups is 2. The first-order chi connectivity index (χ1) is 10.0. The maximum atomic E-state index is 13.1. The fourth-order valence-electron chi connectivity index (χ4n) is 2.47. The maximum absolute atomic E-state index is 13.1. The molecule has 1 heterocycles. The van der Waals surface area contributed by atoms with Crippen molar-refractivity contribution in [2.45, 2.75) is 19.8 Å². The number of ether oxygens (including phenoxy) is 1. The maximum Gasteiger partial charge on any atom is 0.310 e. The number of amides is 1. The molecule has 1 aliphatic heterocycles. The van der Waals surface area contributed by atoms with Crippen LogP contribution in [-0.4, -0.2) is 36.5 Å². The zero-order chi connectivity index (χ0) is 15.4. The van der Waals surface area contributed by atoms with E-state index in [1.807, 2.05) is 0 Å². The largest absolute Gasteiger partial charge is 0.466 e. The summed E-state index contributed by atoms with van der Waals surface area (Å²) in [6.45, 7) is 2.99. The first kappa shape index (κ1) is 15.3. The van der Waals surface area contributed by atoms with Crippen LogP contribution in [-0.2, 0) is 9.53 Å². The molecule has 2 rings (SSSR count). The van der Waals surface area contributed by atoms with Crippen molar-refractivity contribution in [3.8, 4) is 0 Å². The van der Waals surface area contributed by atoms with E-state index in [0.29, 0.717) is 31.7 Å². The number of nitrogens with two attached hydrogens (primary N) is 1. The summed E-state index contributed by atoms with van der Waals surface area (Å²) in [5.74, 6) is -1.35. The molecule has 0 saturated carbocycles. The zero-order valence-corrected chi connectivity index (χ0v) is 12.0. The average molecular weight is 294 g/mol. The number of hydrogen-bond acceptors (Lipinski definition) is 4. The van der Waals surface area contributed by atoms with Gasteiger partial charge in [0.25, 0.3) is 5.91 Å². The lowest BCUT2D eigenvalue weighted by Crippen LogP contribution is -2.42. The van der Waals surface area contributed by atoms with Gasteiger partial charge >= 0.3 is 5.97 Å². The molecular formula is C15H19FN2O3. The van der Waals surface area contributed by atoms with E-state index >= 15 is 0 Å². The lowest BCUT2D eigenvalue weighted by molar-refractivity contribution is -0.149. The lowest BCUT2D eigenvalue weighted by Gasteiger charge is -2.31. The molecule has 114 valence electrons. The summed E-state index contributed by atoms with van der Waals surface area (Å²) in [7, 11) is 0. The van der Waals surface area contributed by atoms with E-state index < -0.39 is 5.82 Å². The predicted molar refractivity (Wildman–Crippen MR) is 76.1 cm³/mol. The monoisotopic (exact) mass is 294 g/mol. The Bertz CT molecular complexity index is 548. The Balaban J connectivity index is 2.08. The molecule has 0 spiro atoms. The van der Waals surface area contributed by atoms with Crippen molar-refractivity contribution in [3.05, 3.63) is 29.6 Å². The Hall–Kier alpha value is -2.11. The van der Waals surface area contributed by atoms with Gasteiger partial charge in [0.05, 0.1) is 18.2 Å². The number of carbonyl (C=O) groups excluding carboxylic acids is 2. The van der Waals surface area contributed by atoms with Crippen molar-refractivity contribution in [2.24, 2.45) is 5.92 Å². The van der Waals surface area contributed by atoms with Crippen LogP contribution in [0.1, 0.15) is 30.1 Å². The normalized spacial score (nSPS) is 18.4. The zero-order valence-electron chi connectivity index (χ0n) is 12.0. The lowest BCUT2D eigenvalue weighted by atomic mass is 9.97. The van der Waals surface area contributed by atoms with Crippen molar-refractivity contribution in [3.63, 3.8) is 0 Å². The van der Waals surface area contributed by atoms with Crippen LogP contribution in [0.4, 0.5) is 10.1 Å². The Morgan fingerprint density at radius 2 is 2.24 bits per heavy atom. The number of likely N-dealkylation sites (tertiary alicyclic amines) is 1. The summed E-state index contributed by atoms with van der Waals surface area (Å²) in [5.41, 5.74) is 5.76. The highest BCUT2D eigenvalue weighted by Crippen LogP contribution is 2.21. The summed E-state index contributed by atoms with van der Waals surface area (Å²) < 4.78 is 18.1. The van der Waals surface area contributed by atoms with Crippen molar-refractivity contribution in [1.29, 1.82) is 0 Å². The minimum absolute atomic E-state index is 0.0557. The number of benzene rings is 1. The van der Waals surface area contributed by atoms with Gasteiger partial charge < -0.3 is 15.4 Å². The van der Waals surface area contributed by atoms with Gasteiger partial charge in [-0.1, -0.05) is 0 Å². The van der Waals surface area contributed by atoms with Crippen LogP contribution in [0.3, 0.4) is 0 Å². The number of esters is 1. The van der Waals surface area contributed by atoms with E-state index in [4.69, 9.17) is 10.5 Å². The Morgan fingerprint density at radius 1 is 1.48 bits per heavy atom. The quantitative estimate of drug-likeness (QED) is 0.682. The van der Waals surface area contributed by atoms with Crippen LogP contribution in [0.5, 0.6) is 0 Å². The van der Waals surface area contributed by atoms with Crippen molar-refractivity contribution < 1.29 is 18.7 Å². The second-order valence-corrected chi connectivity index (χ2v) is 5.08. The van der Waals surface area contributed by atoms with Crippen LogP contribution in [0, 0.1) is 11.7 Å². The third-order valence-corrected chi connectivity index (χ3v) is 3.57. The van der Waals surface area contributed by atoms with Crippen molar-refractivity contribution in [2.75, 3.05) is 25.4 Å². The van der Waals surface area contributed by atoms with Gasteiger partial charge in [-0.05, 0) is 38.0 Å². The van der Waals surface area contributed by atoms with Gasteiger partial charge in [0.2, 0.25) is 0 Å². The molecule has 1 fully saturated rings. The molecule has 5 nitrogen and oxygen atoms in total. The van der Waals surface area contributed by atoms with Gasteiger partial charge in [-0.3, -0.25) is 9.59 Å². The van der Waals surface area contributed by atoms with Gasteiger partial charge in [-0.25, -0.2) is 4.39 Å². The summed E-state index contributed by atoms with van der Waals surface area (Å²) in [5, 5.41) is 0. The van der Waals surface area contributed by atoms with E-state index in [2.05, 4.69) is 0 Å². The molecule has 2 N–H and O–H groups in total. The number of nitrogens with zero attached hydrogens (tertiary/aromatic N) is 1. The summed E-state index contributed by atoms with van der Waals surface area (Å²) in [4.78, 5) is 25.8. The highest BCUT2D eigenvalue weighted by molar-refractivity contribution is 5.95. The van der Waals surface area contributed by atoms with Gasteiger partial charge in [0.1, 0.15) is 5.82 Å². The van der Waals surface area contributed by atoms with E-state index in [9.17, 15) is 14.0 Å². The smallest absolute Gasteiger partial charge is 0.310 e. The first-order valence-electron chi connectivity index (χ1n) is 7.04. The number of piperidine rings is 1. The topological polar surface area (TPSA) is 72.6 Å². The molecule has 0 radical (unpaired) electrons. The molecule has 21 heavy (non-hydrogen) atoms. The van der Waals surface area contributed by atoms with E-state index in [1.54, 1.807) is 11.8 Å². The number of rotatable bonds is 3. The second-order valence-electron chi connectivity index (χ2n) is 5.08. The summed E-state index contributed by atoms with van der Waals surface area (Å²) >= 11 is 0. The molecular weight excluding hydrogens is 275 g/mol. The third kappa shape index (κ3) is 3.51. The molecule has 0 bridgehead atoms. The molecule has 1 aliphatic rings. The second kappa shape index (κ2) is 6.56. The Morgan fingerprint density at radius 3 is 2.90 bits per heavy atom. The number of anilines is 1. The predicted octanol–water partition coefficient (Wildman–Crippen LogP) is 1.82. The average Bonchev–Trinajstić information content (AvgIpc) is 2.49. The van der Waals surface area contributed by atoms with Crippen LogP contribution in [0.15, 0.2) is 18.2 Å². The number of halogens is 1. The van der Waals surface area contributed by atoms with Crippen LogP contribution in [0.25, 0.3) is 0 Å². The minimum Gasteiger partial charge on any atom is -0.466 e. The Kier molecular flexibility index (Phi) is 4.77. The molecule has 1 atom stereocenters. The van der Waals surface area contributed by atoms with E-state index in [-0.39, 0.29) is 23.5 Å². The van der Waals surface area contributed by atoms with Crippen molar-refractivity contribution >= 4 is 17.6 Å². The molecule has 1 unspecified atom stereocenters.